The number of aromatic nitrogens is 5. The number of anilines is 1. The molecule has 7 saturated heterocycles. The first-order valence-corrected chi connectivity index (χ1v) is 30.3. The molecule has 0 saturated carbocycles. The number of rotatable bonds is 11. The Morgan fingerprint density at radius 3 is 2.36 bits per heavy atom. The molecule has 7 fully saturated rings. The molecule has 19 nitrogen and oxygen atoms in total. The van der Waals surface area contributed by atoms with Crippen molar-refractivity contribution in [1.29, 1.82) is 0 Å². The minimum Gasteiger partial charge on any atom is -0.461 e. The average Bonchev–Trinajstić information content (AvgIpc) is 2.23. The number of hydrogen-bond acceptors (Lipinski definition) is 14. The van der Waals surface area contributed by atoms with Crippen LogP contribution in [-0.4, -0.2) is 162 Å². The average molecular weight is 1160 g/mol. The number of terminal acetylenes is 1. The second kappa shape index (κ2) is 22.3. The maximum atomic E-state index is 17.5. The van der Waals surface area contributed by atoms with E-state index in [9.17, 15) is 24.0 Å². The van der Waals surface area contributed by atoms with Crippen LogP contribution in [0.25, 0.3) is 44.0 Å². The Morgan fingerprint density at radius 1 is 0.859 bits per heavy atom. The van der Waals surface area contributed by atoms with Gasteiger partial charge in [0.25, 0.3) is 0 Å². The molecule has 3 aromatic heterocycles. The lowest BCUT2D eigenvalue weighted by Gasteiger charge is -2.42. The molecule has 6 aromatic rings. The van der Waals surface area contributed by atoms with Crippen molar-refractivity contribution in [3.05, 3.63) is 88.0 Å². The predicted molar refractivity (Wildman–Crippen MR) is 315 cm³/mol. The van der Waals surface area contributed by atoms with Gasteiger partial charge in [-0.15, -0.1) is 6.42 Å². The van der Waals surface area contributed by atoms with Gasteiger partial charge in [-0.1, -0.05) is 42.3 Å². The highest BCUT2D eigenvalue weighted by Gasteiger charge is 2.51. The Balaban J connectivity index is 0.652. The molecule has 21 heteroatoms. The van der Waals surface area contributed by atoms with Crippen molar-refractivity contribution in [1.82, 2.24) is 49.0 Å². The van der Waals surface area contributed by atoms with Crippen molar-refractivity contribution in [2.24, 2.45) is 13.0 Å². The summed E-state index contributed by atoms with van der Waals surface area (Å²) in [6.07, 6.45) is 16.8. The molecular formula is C64H73F2N11O8. The number of nitrogens with zero attached hydrogens (tertiary/aromatic N) is 10. The van der Waals surface area contributed by atoms with Gasteiger partial charge in [0, 0.05) is 68.9 Å². The van der Waals surface area contributed by atoms with Gasteiger partial charge in [-0.25, -0.2) is 23.2 Å². The van der Waals surface area contributed by atoms with Crippen LogP contribution in [0.1, 0.15) is 115 Å². The molecule has 3 aromatic carbocycles. The maximum absolute atomic E-state index is 17.5. The fourth-order valence-corrected chi connectivity index (χ4v) is 15.3. The Kier molecular flexibility index (Phi) is 14.8. The minimum absolute atomic E-state index is 0.000977. The monoisotopic (exact) mass is 1160 g/mol. The third-order valence-corrected chi connectivity index (χ3v) is 19.4. The molecule has 446 valence electrons. The van der Waals surface area contributed by atoms with Gasteiger partial charge in [0.1, 0.15) is 47.7 Å². The van der Waals surface area contributed by atoms with Gasteiger partial charge in [0.15, 0.2) is 5.82 Å². The molecule has 5 atom stereocenters. The van der Waals surface area contributed by atoms with Crippen molar-refractivity contribution in [3.63, 3.8) is 0 Å². The second-order valence-electron chi connectivity index (χ2n) is 25.6. The summed E-state index contributed by atoms with van der Waals surface area (Å²) in [7, 11) is 1.76. The van der Waals surface area contributed by atoms with E-state index in [1.807, 2.05) is 42.7 Å². The number of halogens is 2. The first-order chi connectivity index (χ1) is 41.0. The molecule has 4 amide bonds. The van der Waals surface area contributed by atoms with Crippen LogP contribution in [0.3, 0.4) is 0 Å². The summed E-state index contributed by atoms with van der Waals surface area (Å²) in [5.74, 6) is 1.26. The third-order valence-electron chi connectivity index (χ3n) is 19.4. The molecule has 0 spiro atoms. The van der Waals surface area contributed by atoms with E-state index in [2.05, 4.69) is 37.0 Å². The van der Waals surface area contributed by atoms with Crippen LogP contribution in [0.15, 0.2) is 59.5 Å². The van der Waals surface area contributed by atoms with Crippen molar-refractivity contribution >= 4 is 62.5 Å². The van der Waals surface area contributed by atoms with Gasteiger partial charge in [0.05, 0.1) is 39.6 Å². The smallest absolute Gasteiger partial charge is 0.410 e. The standard InChI is InChI=1S/C64H73F2N11O8/c1-6-45-48(65)17-14-39-10-7-12-46(52(39)45)54-53(66)55-47(33-67-54)57(74-34-42-15-16-43(35-74)76(42)62(82)85-63(2,3)4)70-59(69-55)84-37-64-25-9-27-75(64)44(20-26-64)36-83-61(81)73-30-23-41(24-31-73)72-28-21-38(22-29-72)32-40-11-8-13-49-56(40)71(5)60(80)77(49)50-18-19-51(78)68-58(50)79/h1,7-8,10-14,17,33,38,41-44,50H,9,15-16,18-32,34-37H2,2-5H3,(H,68,78,79)/t42?,43?,44-,50?,64-/m0/s1. The highest BCUT2D eigenvalue weighted by atomic mass is 19.1. The van der Waals surface area contributed by atoms with Gasteiger partial charge in [-0.2, -0.15) is 9.97 Å². The number of piperazine rings is 1. The number of nitrogens with one attached hydrogen (secondary N) is 1. The van der Waals surface area contributed by atoms with Crippen LogP contribution < -0.4 is 20.6 Å². The van der Waals surface area contributed by atoms with Crippen molar-refractivity contribution in [2.75, 3.05) is 63.9 Å². The number of piperidine rings is 3. The molecule has 3 unspecified atom stereocenters. The van der Waals surface area contributed by atoms with E-state index >= 15 is 8.78 Å². The summed E-state index contributed by atoms with van der Waals surface area (Å²) in [5.41, 5.74) is 1.64. The number of likely N-dealkylation sites (tertiary alicyclic amines) is 2. The number of hydrogen-bond donors (Lipinski definition) is 1. The number of carbonyl (C=O) groups is 4. The lowest BCUT2D eigenvalue weighted by Crippen LogP contribution is -2.57. The van der Waals surface area contributed by atoms with E-state index in [1.165, 1.54) is 6.07 Å². The highest BCUT2D eigenvalue weighted by Crippen LogP contribution is 2.44. The number of ether oxygens (including phenoxy) is 3. The molecule has 85 heavy (non-hydrogen) atoms. The van der Waals surface area contributed by atoms with E-state index in [1.54, 1.807) is 46.6 Å². The topological polar surface area (TPSA) is 190 Å². The van der Waals surface area contributed by atoms with Gasteiger partial charge < -0.3 is 28.9 Å². The number of carbonyl (C=O) groups excluding carboxylic acids is 4. The lowest BCUT2D eigenvalue weighted by atomic mass is 9.88. The highest BCUT2D eigenvalue weighted by molar-refractivity contribution is 6.02. The largest absolute Gasteiger partial charge is 0.461 e. The van der Waals surface area contributed by atoms with E-state index in [-0.39, 0.29) is 89.9 Å². The molecule has 1 N–H and O–H groups in total. The number of imide groups is 1. The van der Waals surface area contributed by atoms with E-state index in [4.69, 9.17) is 30.6 Å². The van der Waals surface area contributed by atoms with Gasteiger partial charge in [0.2, 0.25) is 11.8 Å². The summed E-state index contributed by atoms with van der Waals surface area (Å²) in [6, 6.07) is 13.4. The normalized spacial score (nSPS) is 24.4. The summed E-state index contributed by atoms with van der Waals surface area (Å²) < 4.78 is 54.5. The first-order valence-electron chi connectivity index (χ1n) is 30.3. The van der Waals surface area contributed by atoms with Crippen molar-refractivity contribution in [2.45, 2.75) is 146 Å². The SMILES string of the molecule is C#Cc1c(F)ccc2cccc(-c3ncc4c(N5CC6CCC(C5)N6C(=O)OC(C)(C)C)nc(OC[C@@]56CCCN5[C@H](COC(=O)N5CCC(N7CCC(Cc8cccc9c8n(C)c(=O)n9C8CCC(=O)NC8=O)CC7)CC5)CC6)nc4c3F)c12. The van der Waals surface area contributed by atoms with Crippen LogP contribution in [0, 0.1) is 29.9 Å². The first kappa shape index (κ1) is 56.4. The summed E-state index contributed by atoms with van der Waals surface area (Å²) in [5, 5.41) is 3.78. The van der Waals surface area contributed by atoms with E-state index < -0.39 is 29.2 Å². The van der Waals surface area contributed by atoms with E-state index in [0.29, 0.717) is 72.1 Å². The Labute approximate surface area is 491 Å². The number of benzene rings is 3. The third kappa shape index (κ3) is 10.4. The summed E-state index contributed by atoms with van der Waals surface area (Å²) in [6.45, 7) is 10.9. The number of pyridine rings is 1. The quantitative estimate of drug-likeness (QED) is 0.0964. The van der Waals surface area contributed by atoms with Crippen LogP contribution in [0.5, 0.6) is 6.01 Å². The number of fused-ring (bicyclic) bond motifs is 6. The summed E-state index contributed by atoms with van der Waals surface area (Å²) >= 11 is 0. The van der Waals surface area contributed by atoms with Crippen LogP contribution >= 0.6 is 0 Å². The molecule has 0 aliphatic carbocycles. The lowest BCUT2D eigenvalue weighted by molar-refractivity contribution is -0.135. The zero-order valence-electron chi connectivity index (χ0n) is 48.8. The second-order valence-corrected chi connectivity index (χ2v) is 25.6. The van der Waals surface area contributed by atoms with Crippen molar-refractivity contribution < 1.29 is 42.2 Å². The van der Waals surface area contributed by atoms with Crippen LogP contribution in [0.4, 0.5) is 24.2 Å². The fraction of sp³-hybridized carbons (Fsp3) is 0.531. The Hall–Kier alpha value is -7.70. The molecule has 13 rings (SSSR count). The zero-order valence-corrected chi connectivity index (χ0v) is 48.8. The predicted octanol–water partition coefficient (Wildman–Crippen LogP) is 8.26. The number of para-hydroxylation sites is 1. The van der Waals surface area contributed by atoms with Gasteiger partial charge in [-0.3, -0.25) is 38.8 Å². The van der Waals surface area contributed by atoms with E-state index in [0.717, 1.165) is 107 Å². The molecule has 0 radical (unpaired) electrons. The Bertz CT molecular complexity index is 3750. The zero-order chi connectivity index (χ0) is 59.1. The minimum atomic E-state index is -0.727. The van der Waals surface area contributed by atoms with Crippen LogP contribution in [0.2, 0.25) is 0 Å². The maximum Gasteiger partial charge on any atom is 0.410 e. The molecule has 2 bridgehead atoms. The molecule has 10 heterocycles. The van der Waals surface area contributed by atoms with Crippen molar-refractivity contribution in [3.8, 4) is 29.6 Å². The molecule has 7 aliphatic heterocycles. The molecular weight excluding hydrogens is 1090 g/mol. The summed E-state index contributed by atoms with van der Waals surface area (Å²) in [4.78, 5) is 90.7. The van der Waals surface area contributed by atoms with Crippen LogP contribution in [-0.2, 0) is 32.5 Å². The van der Waals surface area contributed by atoms with Gasteiger partial charge >= 0.3 is 23.9 Å². The Morgan fingerprint density at radius 2 is 1.62 bits per heavy atom. The fourth-order valence-electron chi connectivity index (χ4n) is 15.3. The number of aryl methyl sites for hydroxylation is 1. The number of imidazole rings is 1. The van der Waals surface area contributed by atoms with Gasteiger partial charge in [-0.05, 0) is 146 Å². The number of amides is 4. The molecule has 7 aliphatic rings.